The lowest BCUT2D eigenvalue weighted by atomic mass is 10.1. The SMILES string of the molecule is C[C@H](NC(=O)N1CCN(Cc2nc(-c3cccc(C(F)(F)F)c3)no2)CC1)c1ccc(F)cc1. The fourth-order valence-corrected chi connectivity index (χ4v) is 3.68. The van der Waals surface area contributed by atoms with Gasteiger partial charge in [0.15, 0.2) is 0 Å². The van der Waals surface area contributed by atoms with Crippen molar-refractivity contribution in [3.8, 4) is 11.4 Å². The fraction of sp³-hybridized carbons (Fsp3) is 0.348. The zero-order chi connectivity index (χ0) is 24.3. The Morgan fingerprint density at radius 3 is 2.50 bits per heavy atom. The van der Waals surface area contributed by atoms with Crippen molar-refractivity contribution < 1.29 is 26.9 Å². The first-order chi connectivity index (χ1) is 16.2. The van der Waals surface area contributed by atoms with Crippen molar-refractivity contribution in [2.75, 3.05) is 26.2 Å². The van der Waals surface area contributed by atoms with Gasteiger partial charge in [-0.05, 0) is 36.8 Å². The minimum Gasteiger partial charge on any atom is -0.338 e. The first-order valence-electron chi connectivity index (χ1n) is 10.7. The standard InChI is InChI=1S/C23H23F4N5O2/c1-15(16-5-7-19(24)8-6-16)28-22(33)32-11-9-31(10-12-32)14-20-29-21(30-34-20)17-3-2-4-18(13-17)23(25,26)27/h2-8,13,15H,9-12,14H2,1H3,(H,28,33)/t15-/m0/s1. The van der Waals surface area contributed by atoms with Crippen LogP contribution >= 0.6 is 0 Å². The third kappa shape index (κ3) is 5.71. The number of nitrogens with zero attached hydrogens (tertiary/aromatic N) is 4. The number of hydrogen-bond donors (Lipinski definition) is 1. The number of alkyl halides is 3. The molecule has 0 radical (unpaired) electrons. The summed E-state index contributed by atoms with van der Waals surface area (Å²) in [5.74, 6) is 0.0470. The number of urea groups is 1. The Balaban J connectivity index is 1.29. The summed E-state index contributed by atoms with van der Waals surface area (Å²) in [5, 5.41) is 6.72. The summed E-state index contributed by atoms with van der Waals surface area (Å²) in [6, 6.07) is 10.3. The lowest BCUT2D eigenvalue weighted by Gasteiger charge is -2.34. The number of rotatable bonds is 5. The summed E-state index contributed by atoms with van der Waals surface area (Å²) >= 11 is 0. The average Bonchev–Trinajstić information content (AvgIpc) is 3.28. The van der Waals surface area contributed by atoms with Crippen molar-refractivity contribution in [3.63, 3.8) is 0 Å². The molecule has 3 aromatic rings. The minimum absolute atomic E-state index is 0.0916. The smallest absolute Gasteiger partial charge is 0.338 e. The van der Waals surface area contributed by atoms with E-state index in [2.05, 4.69) is 15.5 Å². The second-order valence-electron chi connectivity index (χ2n) is 8.08. The van der Waals surface area contributed by atoms with Crippen molar-refractivity contribution in [2.24, 2.45) is 0 Å². The lowest BCUT2D eigenvalue weighted by Crippen LogP contribution is -2.51. The van der Waals surface area contributed by atoms with Crippen molar-refractivity contribution in [1.82, 2.24) is 25.3 Å². The van der Waals surface area contributed by atoms with Gasteiger partial charge in [0.05, 0.1) is 18.2 Å². The fourth-order valence-electron chi connectivity index (χ4n) is 3.68. The van der Waals surface area contributed by atoms with Crippen LogP contribution in [0.4, 0.5) is 22.4 Å². The molecule has 1 fully saturated rings. The summed E-state index contributed by atoms with van der Waals surface area (Å²) in [4.78, 5) is 20.5. The highest BCUT2D eigenvalue weighted by Gasteiger charge is 2.31. The molecule has 2 amide bonds. The minimum atomic E-state index is -4.45. The molecule has 0 bridgehead atoms. The number of piperazine rings is 1. The van der Waals surface area contributed by atoms with Crippen LogP contribution in [0.15, 0.2) is 53.1 Å². The van der Waals surface area contributed by atoms with Gasteiger partial charge in [-0.2, -0.15) is 18.2 Å². The number of aromatic nitrogens is 2. The topological polar surface area (TPSA) is 74.5 Å². The van der Waals surface area contributed by atoms with Gasteiger partial charge in [0.1, 0.15) is 5.82 Å². The molecule has 1 aliphatic heterocycles. The molecule has 1 N–H and O–H groups in total. The van der Waals surface area contributed by atoms with Crippen LogP contribution in [0.25, 0.3) is 11.4 Å². The van der Waals surface area contributed by atoms with Gasteiger partial charge in [-0.25, -0.2) is 9.18 Å². The summed E-state index contributed by atoms with van der Waals surface area (Å²) < 4.78 is 57.1. The van der Waals surface area contributed by atoms with E-state index in [1.165, 1.54) is 24.3 Å². The normalized spacial score (nSPS) is 15.9. The van der Waals surface area contributed by atoms with Gasteiger partial charge in [-0.1, -0.05) is 29.4 Å². The molecule has 7 nitrogen and oxygen atoms in total. The molecule has 180 valence electrons. The molecule has 1 saturated heterocycles. The molecule has 0 aliphatic carbocycles. The first kappa shape index (κ1) is 23.7. The van der Waals surface area contributed by atoms with E-state index in [0.29, 0.717) is 32.7 Å². The van der Waals surface area contributed by atoms with E-state index in [4.69, 9.17) is 4.52 Å². The van der Waals surface area contributed by atoms with Crippen LogP contribution in [0, 0.1) is 5.82 Å². The highest BCUT2D eigenvalue weighted by molar-refractivity contribution is 5.74. The molecule has 1 aliphatic rings. The summed E-state index contributed by atoms with van der Waals surface area (Å²) in [5.41, 5.74) is 0.252. The molecular weight excluding hydrogens is 454 g/mol. The first-order valence-corrected chi connectivity index (χ1v) is 10.7. The van der Waals surface area contributed by atoms with Gasteiger partial charge in [-0.3, -0.25) is 4.90 Å². The maximum atomic E-state index is 13.1. The van der Waals surface area contributed by atoms with Gasteiger partial charge < -0.3 is 14.7 Å². The zero-order valence-electron chi connectivity index (χ0n) is 18.3. The van der Waals surface area contributed by atoms with E-state index in [-0.39, 0.29) is 35.2 Å². The molecule has 0 saturated carbocycles. The van der Waals surface area contributed by atoms with Gasteiger partial charge in [0, 0.05) is 31.7 Å². The predicted molar refractivity (Wildman–Crippen MR) is 115 cm³/mol. The van der Waals surface area contributed by atoms with Gasteiger partial charge in [-0.15, -0.1) is 0 Å². The van der Waals surface area contributed by atoms with Crippen LogP contribution in [0.3, 0.4) is 0 Å². The Morgan fingerprint density at radius 2 is 1.82 bits per heavy atom. The Labute approximate surface area is 193 Å². The molecule has 0 unspecified atom stereocenters. The monoisotopic (exact) mass is 477 g/mol. The molecule has 34 heavy (non-hydrogen) atoms. The highest BCUT2D eigenvalue weighted by Crippen LogP contribution is 2.31. The Hall–Kier alpha value is -3.47. The maximum absolute atomic E-state index is 13.1. The number of hydrogen-bond acceptors (Lipinski definition) is 5. The van der Waals surface area contributed by atoms with Crippen molar-refractivity contribution >= 4 is 6.03 Å². The van der Waals surface area contributed by atoms with E-state index >= 15 is 0 Å². The molecule has 0 spiro atoms. The summed E-state index contributed by atoms with van der Waals surface area (Å²) in [6.45, 7) is 4.26. The van der Waals surface area contributed by atoms with E-state index < -0.39 is 11.7 Å². The number of halogens is 4. The zero-order valence-corrected chi connectivity index (χ0v) is 18.3. The number of carbonyl (C=O) groups is 1. The molecule has 11 heteroatoms. The van der Waals surface area contributed by atoms with E-state index in [0.717, 1.165) is 17.7 Å². The lowest BCUT2D eigenvalue weighted by molar-refractivity contribution is -0.137. The highest BCUT2D eigenvalue weighted by atomic mass is 19.4. The summed E-state index contributed by atoms with van der Waals surface area (Å²) in [6.07, 6.45) is -4.45. The number of carbonyl (C=O) groups excluding carboxylic acids is 1. The second-order valence-corrected chi connectivity index (χ2v) is 8.08. The third-order valence-electron chi connectivity index (χ3n) is 5.64. The number of amides is 2. The van der Waals surface area contributed by atoms with E-state index in [9.17, 15) is 22.4 Å². The molecule has 2 aromatic carbocycles. The van der Waals surface area contributed by atoms with Gasteiger partial charge >= 0.3 is 12.2 Å². The van der Waals surface area contributed by atoms with Crippen LogP contribution in [0.1, 0.15) is 30.0 Å². The Kier molecular flexibility index (Phi) is 6.82. The van der Waals surface area contributed by atoms with Crippen LogP contribution in [0.5, 0.6) is 0 Å². The van der Waals surface area contributed by atoms with E-state index in [1.807, 2.05) is 11.8 Å². The van der Waals surface area contributed by atoms with Crippen molar-refractivity contribution in [3.05, 3.63) is 71.4 Å². The van der Waals surface area contributed by atoms with Crippen LogP contribution in [-0.2, 0) is 12.7 Å². The van der Waals surface area contributed by atoms with E-state index in [1.54, 1.807) is 17.0 Å². The molecule has 1 aromatic heterocycles. The van der Waals surface area contributed by atoms with Crippen LogP contribution < -0.4 is 5.32 Å². The molecule has 4 rings (SSSR count). The number of benzene rings is 2. The Bertz CT molecular complexity index is 1120. The van der Waals surface area contributed by atoms with Crippen molar-refractivity contribution in [1.29, 1.82) is 0 Å². The molecule has 1 atom stereocenters. The second kappa shape index (κ2) is 9.80. The number of nitrogens with one attached hydrogen (secondary N) is 1. The van der Waals surface area contributed by atoms with Gasteiger partial charge in [0.25, 0.3) is 0 Å². The van der Waals surface area contributed by atoms with Crippen LogP contribution in [-0.4, -0.2) is 52.2 Å². The summed E-state index contributed by atoms with van der Waals surface area (Å²) in [7, 11) is 0. The average molecular weight is 477 g/mol. The van der Waals surface area contributed by atoms with Crippen LogP contribution in [0.2, 0.25) is 0 Å². The third-order valence-corrected chi connectivity index (χ3v) is 5.64. The predicted octanol–water partition coefficient (Wildman–Crippen LogP) is 4.48. The van der Waals surface area contributed by atoms with Crippen molar-refractivity contribution in [2.45, 2.75) is 25.7 Å². The molecule has 2 heterocycles. The quantitative estimate of drug-likeness (QED) is 0.549. The van der Waals surface area contributed by atoms with Gasteiger partial charge in [0.2, 0.25) is 11.7 Å². The Morgan fingerprint density at radius 1 is 1.12 bits per heavy atom. The maximum Gasteiger partial charge on any atom is 0.416 e. The largest absolute Gasteiger partial charge is 0.416 e. The molecular formula is C23H23F4N5O2.